The SMILES string of the molecule is Cc1c(C#N)cc(-c2cccc(-c3ccccc3-n3c4ccccc4c4cc(C#N)ccc43)c2)cc1N1c2ccccc2C2C=CC=CC21. The maximum absolute atomic E-state index is 10.4. The van der Waals surface area contributed by atoms with Crippen LogP contribution in [0.5, 0.6) is 0 Å². The quantitative estimate of drug-likeness (QED) is 0.195. The van der Waals surface area contributed by atoms with Gasteiger partial charge in [-0.25, -0.2) is 0 Å². The number of nitriles is 2. The van der Waals surface area contributed by atoms with Crippen LogP contribution in [0.4, 0.5) is 11.4 Å². The molecule has 0 radical (unpaired) electrons. The van der Waals surface area contributed by atoms with Crippen LogP contribution in [0.1, 0.15) is 28.2 Å². The Hall–Kier alpha value is -6.62. The van der Waals surface area contributed by atoms with E-state index in [1.54, 1.807) is 0 Å². The molecule has 0 amide bonds. The first-order valence-electron chi connectivity index (χ1n) is 16.6. The third-order valence-electron chi connectivity index (χ3n) is 10.2. The van der Waals surface area contributed by atoms with Crippen molar-refractivity contribution in [3.8, 4) is 40.1 Å². The highest BCUT2D eigenvalue weighted by molar-refractivity contribution is 6.10. The van der Waals surface area contributed by atoms with Crippen LogP contribution >= 0.6 is 0 Å². The molecule has 0 bridgehead atoms. The van der Waals surface area contributed by atoms with Gasteiger partial charge < -0.3 is 9.47 Å². The zero-order chi connectivity index (χ0) is 33.1. The molecule has 1 aromatic heterocycles. The number of benzene rings is 6. The van der Waals surface area contributed by atoms with E-state index in [-0.39, 0.29) is 12.0 Å². The summed E-state index contributed by atoms with van der Waals surface area (Å²) in [6.07, 6.45) is 8.83. The minimum Gasteiger partial charge on any atom is -0.333 e. The average Bonchev–Trinajstić information content (AvgIpc) is 3.67. The van der Waals surface area contributed by atoms with Crippen molar-refractivity contribution in [2.45, 2.75) is 18.9 Å². The monoisotopic (exact) mass is 626 g/mol. The maximum Gasteiger partial charge on any atom is 0.0995 e. The van der Waals surface area contributed by atoms with E-state index in [0.717, 1.165) is 61.0 Å². The van der Waals surface area contributed by atoms with Gasteiger partial charge in [-0.05, 0) is 89.3 Å². The molecule has 4 nitrogen and oxygen atoms in total. The number of allylic oxidation sites excluding steroid dienone is 2. The zero-order valence-corrected chi connectivity index (χ0v) is 26.9. The second-order valence-corrected chi connectivity index (χ2v) is 12.8. The van der Waals surface area contributed by atoms with Crippen molar-refractivity contribution >= 4 is 33.2 Å². The van der Waals surface area contributed by atoms with Gasteiger partial charge in [-0.1, -0.05) is 97.1 Å². The molecule has 9 rings (SSSR count). The van der Waals surface area contributed by atoms with Crippen LogP contribution in [0.15, 0.2) is 152 Å². The van der Waals surface area contributed by atoms with Gasteiger partial charge in [-0.2, -0.15) is 10.5 Å². The van der Waals surface area contributed by atoms with Crippen LogP contribution in [0.2, 0.25) is 0 Å². The van der Waals surface area contributed by atoms with Gasteiger partial charge in [0.1, 0.15) is 0 Å². The Labute approximate surface area is 285 Å². The van der Waals surface area contributed by atoms with E-state index >= 15 is 0 Å². The lowest BCUT2D eigenvalue weighted by molar-refractivity contribution is 0.743. The van der Waals surface area contributed by atoms with Crippen molar-refractivity contribution in [3.05, 3.63) is 174 Å². The average molecular weight is 627 g/mol. The van der Waals surface area contributed by atoms with Gasteiger partial charge in [0, 0.05) is 33.6 Å². The molecule has 7 aromatic rings. The van der Waals surface area contributed by atoms with Gasteiger partial charge in [0.15, 0.2) is 0 Å². The summed E-state index contributed by atoms with van der Waals surface area (Å²) < 4.78 is 2.30. The standard InChI is InChI=1S/C45H30N4/c1-29-34(28-47)25-33(26-45(29)49-41-18-7-3-14-36(41)37-15-4-8-19-42(37)49)31-11-10-12-32(24-31)35-13-2-6-17-40(35)48-43-20-9-5-16-38(43)39-23-30(27-46)21-22-44(39)48/h2-26,36,41H,1H3. The normalized spacial score (nSPS) is 16.0. The zero-order valence-electron chi connectivity index (χ0n) is 26.9. The summed E-state index contributed by atoms with van der Waals surface area (Å²) in [5.74, 6) is 0.266. The van der Waals surface area contributed by atoms with Crippen molar-refractivity contribution in [1.29, 1.82) is 10.5 Å². The number of hydrogen-bond acceptors (Lipinski definition) is 3. The summed E-state index contributed by atoms with van der Waals surface area (Å²) in [5.41, 5.74) is 13.3. The van der Waals surface area contributed by atoms with Gasteiger partial charge in [0.05, 0.1) is 46.0 Å². The van der Waals surface area contributed by atoms with Gasteiger partial charge >= 0.3 is 0 Å². The molecule has 1 aliphatic carbocycles. The molecule has 0 N–H and O–H groups in total. The summed E-state index contributed by atoms with van der Waals surface area (Å²) in [6, 6.07) is 49.3. The fraction of sp³-hybridized carbons (Fsp3) is 0.0667. The summed E-state index contributed by atoms with van der Waals surface area (Å²) in [6.45, 7) is 2.06. The Bertz CT molecular complexity index is 2620. The number of fused-ring (bicyclic) bond motifs is 6. The molecule has 2 atom stereocenters. The van der Waals surface area contributed by atoms with E-state index in [9.17, 15) is 10.5 Å². The summed E-state index contributed by atoms with van der Waals surface area (Å²) in [7, 11) is 0. The van der Waals surface area contributed by atoms with Gasteiger partial charge in [0.25, 0.3) is 0 Å². The lowest BCUT2D eigenvalue weighted by Gasteiger charge is -2.30. The molecule has 6 aromatic carbocycles. The van der Waals surface area contributed by atoms with Crippen LogP contribution < -0.4 is 4.90 Å². The van der Waals surface area contributed by atoms with Crippen molar-refractivity contribution in [2.24, 2.45) is 0 Å². The smallest absolute Gasteiger partial charge is 0.0995 e. The van der Waals surface area contributed by atoms with Crippen LogP contribution in [-0.4, -0.2) is 10.6 Å². The Morgan fingerprint density at radius 2 is 1.33 bits per heavy atom. The molecule has 1 aliphatic heterocycles. The van der Waals surface area contributed by atoms with E-state index < -0.39 is 0 Å². The minimum atomic E-state index is 0.150. The van der Waals surface area contributed by atoms with Crippen LogP contribution in [0, 0.1) is 29.6 Å². The summed E-state index contributed by atoms with van der Waals surface area (Å²) >= 11 is 0. The Balaban J connectivity index is 1.20. The van der Waals surface area contributed by atoms with Crippen molar-refractivity contribution in [2.75, 3.05) is 4.90 Å². The molecular formula is C45H30N4. The molecular weight excluding hydrogens is 597 g/mol. The van der Waals surface area contributed by atoms with E-state index in [2.05, 4.69) is 156 Å². The number of aromatic nitrogens is 1. The van der Waals surface area contributed by atoms with Crippen LogP contribution in [0.3, 0.4) is 0 Å². The van der Waals surface area contributed by atoms with Crippen molar-refractivity contribution in [3.63, 3.8) is 0 Å². The number of para-hydroxylation sites is 3. The predicted octanol–water partition coefficient (Wildman–Crippen LogP) is 10.9. The maximum atomic E-state index is 10.4. The Morgan fingerprint density at radius 3 is 2.20 bits per heavy atom. The topological polar surface area (TPSA) is 55.8 Å². The van der Waals surface area contributed by atoms with Gasteiger partial charge in [-0.3, -0.25) is 0 Å². The van der Waals surface area contributed by atoms with Gasteiger partial charge in [-0.15, -0.1) is 0 Å². The highest BCUT2D eigenvalue weighted by Crippen LogP contribution is 2.49. The molecule has 0 spiro atoms. The van der Waals surface area contributed by atoms with Crippen molar-refractivity contribution in [1.82, 2.24) is 4.57 Å². The first-order valence-corrected chi connectivity index (χ1v) is 16.6. The lowest BCUT2D eigenvalue weighted by atomic mass is 9.91. The van der Waals surface area contributed by atoms with E-state index in [0.29, 0.717) is 11.1 Å². The van der Waals surface area contributed by atoms with E-state index in [4.69, 9.17) is 0 Å². The third kappa shape index (κ3) is 4.43. The molecule has 2 heterocycles. The second kappa shape index (κ2) is 11.3. The van der Waals surface area contributed by atoms with Crippen LogP contribution in [0.25, 0.3) is 49.7 Å². The Kier molecular flexibility index (Phi) is 6.57. The third-order valence-corrected chi connectivity index (χ3v) is 10.2. The molecule has 2 unspecified atom stereocenters. The molecule has 230 valence electrons. The van der Waals surface area contributed by atoms with E-state index in [1.165, 1.54) is 11.3 Å². The fourth-order valence-corrected chi connectivity index (χ4v) is 7.88. The number of rotatable bonds is 4. The molecule has 0 fully saturated rings. The fourth-order valence-electron chi connectivity index (χ4n) is 7.88. The summed E-state index contributed by atoms with van der Waals surface area (Å²) in [5, 5.41) is 22.2. The molecule has 0 saturated carbocycles. The molecule has 0 saturated heterocycles. The second-order valence-electron chi connectivity index (χ2n) is 12.8. The van der Waals surface area contributed by atoms with E-state index in [1.807, 2.05) is 24.3 Å². The van der Waals surface area contributed by atoms with Gasteiger partial charge in [0.2, 0.25) is 0 Å². The van der Waals surface area contributed by atoms with Crippen LogP contribution in [-0.2, 0) is 0 Å². The lowest BCUT2D eigenvalue weighted by Crippen LogP contribution is -2.29. The predicted molar refractivity (Wildman–Crippen MR) is 199 cm³/mol. The number of anilines is 2. The first-order chi connectivity index (χ1) is 24.1. The molecule has 49 heavy (non-hydrogen) atoms. The number of hydrogen-bond donors (Lipinski definition) is 0. The number of nitrogens with zero attached hydrogens (tertiary/aromatic N) is 4. The minimum absolute atomic E-state index is 0.150. The first kappa shape index (κ1) is 28.6. The molecule has 4 heteroatoms. The highest BCUT2D eigenvalue weighted by Gasteiger charge is 2.38. The highest BCUT2D eigenvalue weighted by atomic mass is 15.2. The Morgan fingerprint density at radius 1 is 0.571 bits per heavy atom. The molecule has 2 aliphatic rings. The summed E-state index contributed by atoms with van der Waals surface area (Å²) in [4.78, 5) is 2.42. The van der Waals surface area contributed by atoms with Crippen molar-refractivity contribution < 1.29 is 0 Å². The largest absolute Gasteiger partial charge is 0.333 e.